The lowest BCUT2D eigenvalue weighted by Gasteiger charge is -2.31. The number of nitrogens with zero attached hydrogens (tertiary/aromatic N) is 1. The third kappa shape index (κ3) is 5.26. The molecule has 1 aromatic rings. The lowest BCUT2D eigenvalue weighted by Crippen LogP contribution is -2.58. The van der Waals surface area contributed by atoms with Gasteiger partial charge in [-0.2, -0.15) is 17.5 Å². The summed E-state index contributed by atoms with van der Waals surface area (Å²) in [6.07, 6.45) is -3.64. The molecule has 1 aliphatic heterocycles. The molecule has 1 aliphatic carbocycles. The molecule has 1 saturated carbocycles. The van der Waals surface area contributed by atoms with Crippen molar-refractivity contribution in [3.8, 4) is 0 Å². The van der Waals surface area contributed by atoms with Crippen molar-refractivity contribution in [2.75, 3.05) is 13.1 Å². The summed E-state index contributed by atoms with van der Waals surface area (Å²) >= 11 is 0. The van der Waals surface area contributed by atoms with Gasteiger partial charge in [0.2, 0.25) is 15.9 Å². The zero-order valence-electron chi connectivity index (χ0n) is 18.4. The monoisotopic (exact) mass is 491 g/mol. The molecular weight excluding hydrogens is 463 g/mol. The number of rotatable bonds is 7. The molecule has 0 spiro atoms. The first-order chi connectivity index (χ1) is 15.3. The maximum absolute atomic E-state index is 13.0. The molecule has 1 unspecified atom stereocenters. The number of hydrogen-bond acceptors (Lipinski definition) is 4. The molecule has 0 radical (unpaired) electrons. The normalized spacial score (nSPS) is 25.3. The van der Waals surface area contributed by atoms with Crippen LogP contribution in [0.5, 0.6) is 0 Å². The summed E-state index contributed by atoms with van der Waals surface area (Å²) in [7, 11) is -3.98. The Kier molecular flexibility index (Phi) is 6.99. The second kappa shape index (κ2) is 9.13. The van der Waals surface area contributed by atoms with E-state index in [2.05, 4.69) is 10.6 Å². The molecule has 2 amide bonds. The Bertz CT molecular complexity index is 999. The highest BCUT2D eigenvalue weighted by molar-refractivity contribution is 7.89. The summed E-state index contributed by atoms with van der Waals surface area (Å²) in [6, 6.07) is 3.09. The van der Waals surface area contributed by atoms with E-state index in [0.717, 1.165) is 24.3 Å². The van der Waals surface area contributed by atoms with Crippen molar-refractivity contribution in [2.24, 2.45) is 11.8 Å². The maximum Gasteiger partial charge on any atom is 0.416 e. The Balaban J connectivity index is 1.71. The number of carboxylic acid groups (broad SMARTS) is 1. The first-order valence-electron chi connectivity index (χ1n) is 10.8. The van der Waals surface area contributed by atoms with Gasteiger partial charge in [-0.05, 0) is 62.3 Å². The van der Waals surface area contributed by atoms with Crippen LogP contribution in [0.1, 0.15) is 45.1 Å². The van der Waals surface area contributed by atoms with E-state index in [-0.39, 0.29) is 35.9 Å². The number of carbonyl (C=O) groups excluding carboxylic acids is 1. The number of nitrogens with one attached hydrogen (secondary N) is 2. The molecule has 0 bridgehead atoms. The standard InChI is InChI=1S/C21H28F3N3O5S/c1-3-10-20(2,26-19(29)30)18(28)25-17-9-4-13-11-27(12-16(13)17)33(31,32)15-7-5-14(6-8-15)21(22,23)24/h5-8,13,16-17,26H,3-4,9-12H2,1-2H3,(H,25,28)(H,29,30)/t13-,16+,17+,20?/m1/s1. The second-order valence-electron chi connectivity index (χ2n) is 8.94. The van der Waals surface area contributed by atoms with Crippen LogP contribution in [0.2, 0.25) is 0 Å². The van der Waals surface area contributed by atoms with Gasteiger partial charge in [0.1, 0.15) is 5.54 Å². The van der Waals surface area contributed by atoms with Crippen molar-refractivity contribution < 1.29 is 36.3 Å². The first-order valence-corrected chi connectivity index (χ1v) is 12.2. The molecular formula is C21H28F3N3O5S. The van der Waals surface area contributed by atoms with E-state index < -0.39 is 39.3 Å². The van der Waals surface area contributed by atoms with Gasteiger partial charge in [-0.3, -0.25) is 4.79 Å². The van der Waals surface area contributed by atoms with Gasteiger partial charge in [-0.15, -0.1) is 0 Å². The summed E-state index contributed by atoms with van der Waals surface area (Å²) in [5.41, 5.74) is -2.23. The zero-order valence-corrected chi connectivity index (χ0v) is 19.2. The molecule has 33 heavy (non-hydrogen) atoms. The predicted octanol–water partition coefficient (Wildman–Crippen LogP) is 3.05. The van der Waals surface area contributed by atoms with E-state index in [4.69, 9.17) is 5.11 Å². The number of fused-ring (bicyclic) bond motifs is 1. The molecule has 1 saturated heterocycles. The van der Waals surface area contributed by atoms with Crippen molar-refractivity contribution in [3.63, 3.8) is 0 Å². The van der Waals surface area contributed by atoms with Gasteiger partial charge in [0.05, 0.1) is 10.5 Å². The fourth-order valence-corrected chi connectivity index (χ4v) is 6.40. The Hall–Kier alpha value is -2.34. The molecule has 8 nitrogen and oxygen atoms in total. The number of hydrogen-bond donors (Lipinski definition) is 3. The fraction of sp³-hybridized carbons (Fsp3) is 0.619. The summed E-state index contributed by atoms with van der Waals surface area (Å²) in [5, 5.41) is 14.3. The lowest BCUT2D eigenvalue weighted by atomic mass is 9.93. The van der Waals surface area contributed by atoms with E-state index in [0.29, 0.717) is 25.7 Å². The predicted molar refractivity (Wildman–Crippen MR) is 113 cm³/mol. The number of halogens is 3. The third-order valence-electron chi connectivity index (χ3n) is 6.59. The summed E-state index contributed by atoms with van der Waals surface area (Å²) in [4.78, 5) is 23.8. The Labute approximate surface area is 190 Å². The van der Waals surface area contributed by atoms with E-state index in [1.165, 1.54) is 11.2 Å². The SMILES string of the molecule is CCCC(C)(NC(=O)O)C(=O)N[C@H]1CC[C@@H]2CN(S(=O)(=O)c3ccc(C(F)(F)F)cc3)C[C@@H]21. The molecule has 184 valence electrons. The smallest absolute Gasteiger partial charge is 0.416 e. The summed E-state index contributed by atoms with van der Waals surface area (Å²) in [5.74, 6) is -0.611. The topological polar surface area (TPSA) is 116 Å². The van der Waals surface area contributed by atoms with E-state index in [9.17, 15) is 31.2 Å². The molecule has 2 fully saturated rings. The largest absolute Gasteiger partial charge is 0.465 e. The summed E-state index contributed by atoms with van der Waals surface area (Å²) in [6.45, 7) is 3.71. The van der Waals surface area contributed by atoms with Crippen molar-refractivity contribution in [2.45, 2.75) is 62.2 Å². The number of sulfonamides is 1. The average Bonchev–Trinajstić information content (AvgIpc) is 3.29. The van der Waals surface area contributed by atoms with Gasteiger partial charge in [0, 0.05) is 19.1 Å². The van der Waals surface area contributed by atoms with Gasteiger partial charge in [0.15, 0.2) is 0 Å². The average molecular weight is 492 g/mol. The number of alkyl halides is 3. The number of carbonyl (C=O) groups is 2. The first kappa shape index (κ1) is 25.3. The van der Waals surface area contributed by atoms with Crippen molar-refractivity contribution >= 4 is 22.0 Å². The Morgan fingerprint density at radius 2 is 1.79 bits per heavy atom. The van der Waals surface area contributed by atoms with Crippen LogP contribution < -0.4 is 10.6 Å². The fourth-order valence-electron chi connectivity index (χ4n) is 4.86. The van der Waals surface area contributed by atoms with Crippen LogP contribution >= 0.6 is 0 Å². The van der Waals surface area contributed by atoms with Gasteiger partial charge >= 0.3 is 12.3 Å². The lowest BCUT2D eigenvalue weighted by molar-refractivity contribution is -0.137. The Morgan fingerprint density at radius 3 is 2.33 bits per heavy atom. The van der Waals surface area contributed by atoms with Crippen LogP contribution in [0.4, 0.5) is 18.0 Å². The highest BCUT2D eigenvalue weighted by atomic mass is 32.2. The minimum atomic E-state index is -4.56. The minimum Gasteiger partial charge on any atom is -0.465 e. The molecule has 12 heteroatoms. The molecule has 1 heterocycles. The van der Waals surface area contributed by atoms with Gasteiger partial charge in [0.25, 0.3) is 0 Å². The third-order valence-corrected chi connectivity index (χ3v) is 8.44. The Morgan fingerprint density at radius 1 is 1.15 bits per heavy atom. The highest BCUT2D eigenvalue weighted by Crippen LogP contribution is 2.40. The van der Waals surface area contributed by atoms with Crippen molar-refractivity contribution in [1.82, 2.24) is 14.9 Å². The van der Waals surface area contributed by atoms with Crippen LogP contribution in [-0.4, -0.2) is 54.5 Å². The molecule has 2 aliphatic rings. The second-order valence-corrected chi connectivity index (χ2v) is 10.9. The molecule has 1 aromatic carbocycles. The van der Waals surface area contributed by atoms with Crippen LogP contribution in [0.3, 0.4) is 0 Å². The summed E-state index contributed by atoms with van der Waals surface area (Å²) < 4.78 is 65.6. The molecule has 3 rings (SSSR count). The number of amides is 2. The van der Waals surface area contributed by atoms with Crippen molar-refractivity contribution in [3.05, 3.63) is 29.8 Å². The van der Waals surface area contributed by atoms with E-state index >= 15 is 0 Å². The van der Waals surface area contributed by atoms with E-state index in [1.807, 2.05) is 6.92 Å². The molecule has 0 aromatic heterocycles. The minimum absolute atomic E-state index is 0.00406. The van der Waals surface area contributed by atoms with Crippen LogP contribution in [0.15, 0.2) is 29.2 Å². The van der Waals surface area contributed by atoms with Crippen molar-refractivity contribution in [1.29, 1.82) is 0 Å². The van der Waals surface area contributed by atoms with E-state index in [1.54, 1.807) is 0 Å². The van der Waals surface area contributed by atoms with Gasteiger partial charge in [-0.25, -0.2) is 13.2 Å². The number of benzene rings is 1. The van der Waals surface area contributed by atoms with Gasteiger partial charge in [-0.1, -0.05) is 13.3 Å². The molecule has 4 atom stereocenters. The quantitative estimate of drug-likeness (QED) is 0.542. The van der Waals surface area contributed by atoms with Gasteiger partial charge < -0.3 is 15.7 Å². The van der Waals surface area contributed by atoms with Crippen LogP contribution in [-0.2, 0) is 21.0 Å². The van der Waals surface area contributed by atoms with Crippen LogP contribution in [0.25, 0.3) is 0 Å². The van der Waals surface area contributed by atoms with Crippen LogP contribution in [0, 0.1) is 11.8 Å². The highest BCUT2D eigenvalue weighted by Gasteiger charge is 2.48. The molecule has 3 N–H and O–H groups in total. The maximum atomic E-state index is 13.0. The zero-order chi connectivity index (χ0) is 24.6.